The van der Waals surface area contributed by atoms with Crippen LogP contribution in [-0.4, -0.2) is 31.7 Å². The lowest BCUT2D eigenvalue weighted by Gasteiger charge is -2.13. The van der Waals surface area contributed by atoms with Gasteiger partial charge in [-0.05, 0) is 0 Å². The number of rotatable bonds is 1. The van der Waals surface area contributed by atoms with Gasteiger partial charge in [0.2, 0.25) is 6.41 Å². The fourth-order valence-electron chi connectivity index (χ4n) is 0.664. The first-order valence-corrected chi connectivity index (χ1v) is 2.50. The van der Waals surface area contributed by atoms with E-state index in [1.807, 2.05) is 0 Å². The molecular weight excluding hydrogens is 108 g/mol. The Morgan fingerprint density at radius 2 is 2.62 bits per heavy atom. The van der Waals surface area contributed by atoms with Crippen LogP contribution in [0, 0.1) is 0 Å². The van der Waals surface area contributed by atoms with Crippen molar-refractivity contribution in [3.8, 4) is 0 Å². The number of hydrazine groups is 1. The van der Waals surface area contributed by atoms with E-state index in [2.05, 4.69) is 0 Å². The maximum atomic E-state index is 5.37. The van der Waals surface area contributed by atoms with Crippen molar-refractivity contribution < 1.29 is 9.47 Å². The lowest BCUT2D eigenvalue weighted by molar-refractivity contribution is -0.157. The normalized spacial score (nSPS) is 31.5. The number of ether oxygens (including phenoxy) is 2. The molecule has 1 unspecified atom stereocenters. The molecule has 0 aromatic carbocycles. The first kappa shape index (κ1) is 5.97. The van der Waals surface area contributed by atoms with Crippen LogP contribution in [0.15, 0.2) is 0 Å². The van der Waals surface area contributed by atoms with E-state index in [4.69, 9.17) is 15.3 Å². The summed E-state index contributed by atoms with van der Waals surface area (Å²) >= 11 is 0. The Balaban J connectivity index is 2.30. The zero-order valence-electron chi connectivity index (χ0n) is 4.83. The molecule has 1 aliphatic heterocycles. The summed E-state index contributed by atoms with van der Waals surface area (Å²) in [6, 6.07) is 0. The van der Waals surface area contributed by atoms with E-state index in [0.29, 0.717) is 6.61 Å². The highest BCUT2D eigenvalue weighted by Gasteiger charge is 2.20. The summed E-state index contributed by atoms with van der Waals surface area (Å²) in [5.74, 6) is 5.37. The van der Waals surface area contributed by atoms with Crippen molar-refractivity contribution in [3.63, 3.8) is 0 Å². The summed E-state index contributed by atoms with van der Waals surface area (Å²) in [5.41, 5.74) is 0. The highest BCUT2D eigenvalue weighted by molar-refractivity contribution is 4.52. The molecule has 1 saturated heterocycles. The number of hydrogen-bond acceptors (Lipinski definition) is 4. The predicted molar refractivity (Wildman–Crippen MR) is 27.6 cm³/mol. The van der Waals surface area contributed by atoms with Crippen LogP contribution in [0.5, 0.6) is 0 Å². The van der Waals surface area contributed by atoms with E-state index in [0.717, 1.165) is 6.54 Å². The van der Waals surface area contributed by atoms with Crippen LogP contribution in [0.25, 0.3) is 0 Å². The van der Waals surface area contributed by atoms with Crippen LogP contribution in [-0.2, 0) is 9.47 Å². The van der Waals surface area contributed by atoms with Gasteiger partial charge < -0.3 is 9.47 Å². The Morgan fingerprint density at radius 1 is 1.88 bits per heavy atom. The van der Waals surface area contributed by atoms with Gasteiger partial charge in [0, 0.05) is 13.7 Å². The molecule has 0 aromatic heterocycles. The summed E-state index contributed by atoms with van der Waals surface area (Å²) < 4.78 is 9.80. The minimum Gasteiger partial charge on any atom is -0.342 e. The highest BCUT2D eigenvalue weighted by atomic mass is 16.7. The van der Waals surface area contributed by atoms with Gasteiger partial charge in [0.1, 0.15) is 0 Å². The van der Waals surface area contributed by atoms with Crippen LogP contribution in [0.3, 0.4) is 0 Å². The second kappa shape index (κ2) is 2.41. The van der Waals surface area contributed by atoms with Gasteiger partial charge in [-0.25, -0.2) is 0 Å². The van der Waals surface area contributed by atoms with Gasteiger partial charge >= 0.3 is 0 Å². The van der Waals surface area contributed by atoms with E-state index in [1.54, 1.807) is 7.11 Å². The number of hydrogen-bond donors (Lipinski definition) is 1. The summed E-state index contributed by atoms with van der Waals surface area (Å²) in [5, 5.41) is 1.51. The molecule has 0 amide bonds. The van der Waals surface area contributed by atoms with E-state index >= 15 is 0 Å². The van der Waals surface area contributed by atoms with Crippen LogP contribution in [0.2, 0.25) is 0 Å². The fourth-order valence-corrected chi connectivity index (χ4v) is 0.664. The third-order valence-electron chi connectivity index (χ3n) is 1.08. The minimum absolute atomic E-state index is 0.324. The molecule has 8 heavy (non-hydrogen) atoms. The van der Waals surface area contributed by atoms with Crippen molar-refractivity contribution in [2.24, 2.45) is 5.84 Å². The number of nitrogens with two attached hydrogens (primary N) is 1. The fraction of sp³-hybridized carbons (Fsp3) is 1.00. The van der Waals surface area contributed by atoms with Gasteiger partial charge in [-0.1, -0.05) is 0 Å². The van der Waals surface area contributed by atoms with Crippen molar-refractivity contribution >= 4 is 0 Å². The molecule has 0 radical (unpaired) electrons. The molecule has 1 fully saturated rings. The molecule has 0 saturated carbocycles. The third kappa shape index (κ3) is 0.976. The Bertz CT molecular complexity index is 78.4. The first-order valence-electron chi connectivity index (χ1n) is 2.50. The molecule has 2 N–H and O–H groups in total. The van der Waals surface area contributed by atoms with Gasteiger partial charge in [-0.3, -0.25) is 5.84 Å². The molecule has 4 nitrogen and oxygen atoms in total. The van der Waals surface area contributed by atoms with Gasteiger partial charge in [-0.15, -0.1) is 0 Å². The minimum atomic E-state index is -0.324. The molecule has 48 valence electrons. The molecule has 1 aliphatic rings. The van der Waals surface area contributed by atoms with Crippen LogP contribution >= 0.6 is 0 Å². The molecule has 0 aromatic rings. The molecule has 4 heteroatoms. The zero-order chi connectivity index (χ0) is 5.98. The van der Waals surface area contributed by atoms with Gasteiger partial charge in [-0.2, -0.15) is 5.01 Å². The van der Waals surface area contributed by atoms with E-state index in [9.17, 15) is 0 Å². The van der Waals surface area contributed by atoms with Gasteiger partial charge in [0.15, 0.2) is 0 Å². The molecule has 0 spiro atoms. The highest BCUT2D eigenvalue weighted by Crippen LogP contribution is 2.03. The SMILES string of the molecule is COC1OCCN1N. The Kier molecular flexibility index (Phi) is 1.80. The monoisotopic (exact) mass is 118 g/mol. The van der Waals surface area contributed by atoms with Crippen LogP contribution < -0.4 is 5.84 Å². The number of methoxy groups -OCH3 is 1. The Morgan fingerprint density at radius 3 is 2.88 bits per heavy atom. The van der Waals surface area contributed by atoms with Crippen LogP contribution in [0.4, 0.5) is 0 Å². The maximum Gasteiger partial charge on any atom is 0.231 e. The summed E-state index contributed by atoms with van der Waals surface area (Å²) in [6.45, 7) is 1.41. The van der Waals surface area contributed by atoms with Crippen molar-refractivity contribution in [2.45, 2.75) is 6.41 Å². The van der Waals surface area contributed by atoms with Crippen molar-refractivity contribution in [2.75, 3.05) is 20.3 Å². The Hall–Kier alpha value is -0.160. The molecule has 0 aliphatic carbocycles. The maximum absolute atomic E-state index is 5.37. The van der Waals surface area contributed by atoms with Crippen LogP contribution in [0.1, 0.15) is 0 Å². The summed E-state index contributed by atoms with van der Waals surface area (Å²) in [6.07, 6.45) is -0.324. The summed E-state index contributed by atoms with van der Waals surface area (Å²) in [7, 11) is 1.57. The van der Waals surface area contributed by atoms with Gasteiger partial charge in [0.05, 0.1) is 6.61 Å². The average molecular weight is 118 g/mol. The second-order valence-corrected chi connectivity index (χ2v) is 1.65. The lowest BCUT2D eigenvalue weighted by Crippen LogP contribution is -2.37. The topological polar surface area (TPSA) is 47.7 Å². The second-order valence-electron chi connectivity index (χ2n) is 1.65. The zero-order valence-corrected chi connectivity index (χ0v) is 4.83. The molecule has 1 heterocycles. The van der Waals surface area contributed by atoms with Gasteiger partial charge in [0.25, 0.3) is 0 Å². The van der Waals surface area contributed by atoms with E-state index in [1.165, 1.54) is 5.01 Å². The Labute approximate surface area is 48.1 Å². The molecule has 1 rings (SSSR count). The van der Waals surface area contributed by atoms with Crippen molar-refractivity contribution in [1.29, 1.82) is 0 Å². The molecule has 0 bridgehead atoms. The molecule has 1 atom stereocenters. The largest absolute Gasteiger partial charge is 0.342 e. The van der Waals surface area contributed by atoms with E-state index in [-0.39, 0.29) is 6.41 Å². The quantitative estimate of drug-likeness (QED) is 0.454. The first-order chi connectivity index (χ1) is 3.84. The van der Waals surface area contributed by atoms with Crippen molar-refractivity contribution in [3.05, 3.63) is 0 Å². The van der Waals surface area contributed by atoms with E-state index < -0.39 is 0 Å². The van der Waals surface area contributed by atoms with Crippen molar-refractivity contribution in [1.82, 2.24) is 5.01 Å². The average Bonchev–Trinajstić information content (AvgIpc) is 2.14. The number of nitrogens with zero attached hydrogens (tertiary/aromatic N) is 1. The molecular formula is C4H10N2O2. The third-order valence-corrected chi connectivity index (χ3v) is 1.08. The predicted octanol–water partition coefficient (Wildman–Crippen LogP) is -0.878. The smallest absolute Gasteiger partial charge is 0.231 e. The summed E-state index contributed by atoms with van der Waals surface area (Å²) in [4.78, 5) is 0. The lowest BCUT2D eigenvalue weighted by atomic mass is 10.7. The standard InChI is InChI=1S/C4H10N2O2/c1-7-4-6(5)2-3-8-4/h4H,2-3,5H2,1H3.